The lowest BCUT2D eigenvalue weighted by atomic mass is 10.1. The van der Waals surface area contributed by atoms with Crippen molar-refractivity contribution in [3.63, 3.8) is 0 Å². The number of rotatable bonds is 11. The van der Waals surface area contributed by atoms with E-state index >= 15 is 0 Å². The van der Waals surface area contributed by atoms with Gasteiger partial charge in [-0.05, 0) is 25.3 Å². The maximum absolute atomic E-state index is 12.5. The summed E-state index contributed by atoms with van der Waals surface area (Å²) in [5.74, 6) is 0.0433. The van der Waals surface area contributed by atoms with E-state index < -0.39 is 5.97 Å². The number of carboxylic acid groups (broad SMARTS) is 1. The van der Waals surface area contributed by atoms with Crippen LogP contribution in [0.1, 0.15) is 53.2 Å². The zero-order chi connectivity index (χ0) is 19.8. The first-order valence-electron chi connectivity index (χ1n) is 8.80. The van der Waals surface area contributed by atoms with Gasteiger partial charge < -0.3 is 19.9 Å². The number of thiophene rings is 1. The minimum atomic E-state index is -0.768. The Kier molecular flexibility index (Phi) is 7.93. The van der Waals surface area contributed by atoms with E-state index in [1.807, 2.05) is 6.92 Å². The van der Waals surface area contributed by atoms with Crippen LogP contribution in [0, 0.1) is 6.92 Å². The molecule has 9 heteroatoms. The van der Waals surface area contributed by atoms with Crippen LogP contribution in [-0.2, 0) is 16.1 Å². The van der Waals surface area contributed by atoms with Crippen LogP contribution in [0.15, 0.2) is 0 Å². The van der Waals surface area contributed by atoms with Crippen molar-refractivity contribution in [1.82, 2.24) is 15.3 Å². The third kappa shape index (κ3) is 5.61. The van der Waals surface area contributed by atoms with Crippen LogP contribution >= 0.6 is 11.3 Å². The van der Waals surface area contributed by atoms with Crippen LogP contribution < -0.4 is 10.1 Å². The summed E-state index contributed by atoms with van der Waals surface area (Å²) in [5, 5.41) is 12.3. The number of amides is 1. The minimum absolute atomic E-state index is 0.142. The average Bonchev–Trinajstić information content (AvgIpc) is 2.97. The normalized spacial score (nSPS) is 10.9. The Hall–Kier alpha value is -2.26. The average molecular weight is 395 g/mol. The van der Waals surface area contributed by atoms with Crippen LogP contribution in [0.5, 0.6) is 5.88 Å². The van der Waals surface area contributed by atoms with Crippen molar-refractivity contribution in [2.45, 2.75) is 45.6 Å². The number of nitrogens with one attached hydrogen (secondary N) is 1. The molecule has 0 saturated heterocycles. The second-order valence-corrected chi connectivity index (χ2v) is 7.13. The van der Waals surface area contributed by atoms with Gasteiger partial charge >= 0.3 is 5.97 Å². The molecule has 2 heterocycles. The summed E-state index contributed by atoms with van der Waals surface area (Å²) < 4.78 is 10.4. The van der Waals surface area contributed by atoms with E-state index in [4.69, 9.17) is 14.6 Å². The second kappa shape index (κ2) is 10.2. The van der Waals surface area contributed by atoms with Gasteiger partial charge in [0.2, 0.25) is 5.88 Å². The molecule has 2 aromatic rings. The fourth-order valence-electron chi connectivity index (χ4n) is 2.74. The fraction of sp³-hybridized carbons (Fsp3) is 0.556. The minimum Gasteiger partial charge on any atom is -0.481 e. The van der Waals surface area contributed by atoms with Crippen LogP contribution in [0.3, 0.4) is 0 Å². The van der Waals surface area contributed by atoms with Crippen LogP contribution in [0.2, 0.25) is 0 Å². The monoisotopic (exact) mass is 395 g/mol. The summed E-state index contributed by atoms with van der Waals surface area (Å²) in [4.78, 5) is 33.1. The number of unbranched alkanes of at least 4 members (excludes halogenated alkanes) is 3. The van der Waals surface area contributed by atoms with E-state index in [0.29, 0.717) is 34.4 Å². The van der Waals surface area contributed by atoms with Gasteiger partial charge in [0.15, 0.2) is 5.82 Å². The van der Waals surface area contributed by atoms with Crippen molar-refractivity contribution in [2.24, 2.45) is 0 Å². The molecule has 8 nitrogen and oxygen atoms in total. The zero-order valence-corrected chi connectivity index (χ0v) is 16.6. The Morgan fingerprint density at radius 2 is 1.89 bits per heavy atom. The molecule has 0 saturated carbocycles. The number of ether oxygens (including phenoxy) is 2. The highest BCUT2D eigenvalue weighted by Crippen LogP contribution is 2.35. The van der Waals surface area contributed by atoms with Crippen molar-refractivity contribution in [3.05, 3.63) is 16.3 Å². The number of aryl methyl sites for hydroxylation is 1. The molecule has 0 radical (unpaired) electrons. The highest BCUT2D eigenvalue weighted by molar-refractivity contribution is 7.20. The summed E-state index contributed by atoms with van der Waals surface area (Å²) in [7, 11) is 3.11. The van der Waals surface area contributed by atoms with Gasteiger partial charge in [0.1, 0.15) is 11.4 Å². The zero-order valence-electron chi connectivity index (χ0n) is 15.8. The molecule has 0 aliphatic heterocycles. The number of hydrogen-bond acceptors (Lipinski definition) is 7. The summed E-state index contributed by atoms with van der Waals surface area (Å²) in [6, 6.07) is 0. The molecular weight excluding hydrogens is 370 g/mol. The van der Waals surface area contributed by atoms with E-state index in [1.165, 1.54) is 11.3 Å². The van der Waals surface area contributed by atoms with E-state index in [1.54, 1.807) is 14.2 Å². The third-order valence-corrected chi connectivity index (χ3v) is 5.26. The molecule has 148 valence electrons. The van der Waals surface area contributed by atoms with Gasteiger partial charge in [-0.25, -0.2) is 4.98 Å². The number of fused-ring (bicyclic) bond motifs is 1. The van der Waals surface area contributed by atoms with Crippen LogP contribution in [0.4, 0.5) is 0 Å². The summed E-state index contributed by atoms with van der Waals surface area (Å²) >= 11 is 1.31. The van der Waals surface area contributed by atoms with E-state index in [9.17, 15) is 9.59 Å². The highest BCUT2D eigenvalue weighted by atomic mass is 32.1. The topological polar surface area (TPSA) is 111 Å². The Balaban J connectivity index is 2.00. The predicted molar refractivity (Wildman–Crippen MR) is 102 cm³/mol. The summed E-state index contributed by atoms with van der Waals surface area (Å²) in [6.45, 7) is 2.69. The van der Waals surface area contributed by atoms with Gasteiger partial charge in [-0.1, -0.05) is 12.8 Å². The van der Waals surface area contributed by atoms with Crippen molar-refractivity contribution < 1.29 is 24.2 Å². The van der Waals surface area contributed by atoms with Crippen LogP contribution in [0.25, 0.3) is 10.2 Å². The quantitative estimate of drug-likeness (QED) is 0.563. The Bertz CT molecular complexity index is 806. The Labute approximate surface area is 161 Å². The van der Waals surface area contributed by atoms with Gasteiger partial charge in [0.25, 0.3) is 5.91 Å². The number of aromatic nitrogens is 2. The fourth-order valence-corrected chi connectivity index (χ4v) is 3.85. The maximum atomic E-state index is 12.5. The SMILES string of the molecule is COCc1nc(OC)c2c(C)c(C(=O)NCCCCCCC(=O)O)sc2n1. The lowest BCUT2D eigenvalue weighted by Gasteiger charge is -2.05. The first kappa shape index (κ1) is 21.0. The predicted octanol–water partition coefficient (Wildman–Crippen LogP) is 2.92. The summed E-state index contributed by atoms with van der Waals surface area (Å²) in [6.07, 6.45) is 3.41. The molecule has 0 aliphatic rings. The van der Waals surface area contributed by atoms with Crippen LogP contribution in [-0.4, -0.2) is 47.7 Å². The molecule has 0 spiro atoms. The van der Waals surface area contributed by atoms with Gasteiger partial charge in [0.05, 0.1) is 17.4 Å². The van der Waals surface area contributed by atoms with Gasteiger partial charge in [0, 0.05) is 20.1 Å². The maximum Gasteiger partial charge on any atom is 0.303 e. The number of carbonyl (C=O) groups excluding carboxylic acids is 1. The smallest absolute Gasteiger partial charge is 0.303 e. The number of carbonyl (C=O) groups is 2. The largest absolute Gasteiger partial charge is 0.481 e. The number of hydrogen-bond donors (Lipinski definition) is 2. The Morgan fingerprint density at radius 1 is 1.15 bits per heavy atom. The lowest BCUT2D eigenvalue weighted by molar-refractivity contribution is -0.137. The van der Waals surface area contributed by atoms with Crippen molar-refractivity contribution in [1.29, 1.82) is 0 Å². The molecule has 1 amide bonds. The lowest BCUT2D eigenvalue weighted by Crippen LogP contribution is -2.24. The molecule has 2 rings (SSSR count). The molecule has 0 aromatic carbocycles. The second-order valence-electron chi connectivity index (χ2n) is 6.13. The number of methoxy groups -OCH3 is 2. The van der Waals surface area contributed by atoms with Crippen molar-refractivity contribution in [3.8, 4) is 5.88 Å². The van der Waals surface area contributed by atoms with Gasteiger partial charge in [-0.2, -0.15) is 4.98 Å². The van der Waals surface area contributed by atoms with Crippen molar-refractivity contribution >= 4 is 33.4 Å². The molecule has 0 atom stereocenters. The first-order valence-corrected chi connectivity index (χ1v) is 9.62. The number of carboxylic acids is 1. The van der Waals surface area contributed by atoms with E-state index in [2.05, 4.69) is 15.3 Å². The van der Waals surface area contributed by atoms with Gasteiger partial charge in [-0.3, -0.25) is 9.59 Å². The third-order valence-electron chi connectivity index (χ3n) is 4.08. The van der Waals surface area contributed by atoms with Crippen molar-refractivity contribution in [2.75, 3.05) is 20.8 Å². The molecule has 27 heavy (non-hydrogen) atoms. The highest BCUT2D eigenvalue weighted by Gasteiger charge is 2.20. The molecule has 2 N–H and O–H groups in total. The molecule has 0 bridgehead atoms. The number of aliphatic carboxylic acids is 1. The Morgan fingerprint density at radius 3 is 2.56 bits per heavy atom. The standard InChI is InChI=1S/C18H25N3O5S/c1-11-14-17(26-3)20-12(10-25-2)21-18(14)27-15(11)16(24)19-9-7-5-4-6-8-13(22)23/h4-10H2,1-3H3,(H,19,24)(H,22,23). The molecule has 2 aromatic heterocycles. The first-order chi connectivity index (χ1) is 13.0. The van der Waals surface area contributed by atoms with E-state index in [-0.39, 0.29) is 18.9 Å². The molecule has 0 aliphatic carbocycles. The van der Waals surface area contributed by atoms with E-state index in [0.717, 1.165) is 30.2 Å². The molecule has 0 unspecified atom stereocenters. The van der Waals surface area contributed by atoms with Gasteiger partial charge in [-0.15, -0.1) is 11.3 Å². The summed E-state index contributed by atoms with van der Waals surface area (Å²) in [5.41, 5.74) is 0.801. The number of nitrogens with zero attached hydrogens (tertiary/aromatic N) is 2. The molecule has 0 fully saturated rings. The molecular formula is C18H25N3O5S.